The molecule has 2 aromatic rings. The van der Waals surface area contributed by atoms with Gasteiger partial charge in [0.2, 0.25) is 5.91 Å². The molecule has 2 heterocycles. The first-order valence-electron chi connectivity index (χ1n) is 8.34. The molecule has 148 valence electrons. The van der Waals surface area contributed by atoms with Crippen LogP contribution in [0, 0.1) is 13.8 Å². The molecule has 0 aliphatic carbocycles. The Morgan fingerprint density at radius 2 is 1.85 bits per heavy atom. The van der Waals surface area contributed by atoms with Gasteiger partial charge in [-0.15, -0.1) is 5.10 Å². The van der Waals surface area contributed by atoms with Gasteiger partial charge in [-0.25, -0.2) is 9.50 Å². The second-order valence-electron chi connectivity index (χ2n) is 6.02. The van der Waals surface area contributed by atoms with Crippen molar-refractivity contribution in [2.75, 3.05) is 13.1 Å². The third-order valence-electron chi connectivity index (χ3n) is 4.22. The molecule has 0 bridgehead atoms. The van der Waals surface area contributed by atoms with E-state index in [4.69, 9.17) is 5.11 Å². The van der Waals surface area contributed by atoms with Gasteiger partial charge in [-0.3, -0.25) is 9.59 Å². The standard InChI is InChI=1S/C16H20F3N5O3/c1-4-23(8-7-13(26)27)12(25)6-5-11-9(2)20-15-21-14(16(17,18)19)22-24(15)10(11)3/h4-8H2,1-3H3,(H,26,27). The van der Waals surface area contributed by atoms with Gasteiger partial charge in [0.05, 0.1) is 6.42 Å². The Bertz CT molecular complexity index is 863. The van der Waals surface area contributed by atoms with Crippen molar-refractivity contribution in [1.82, 2.24) is 24.5 Å². The van der Waals surface area contributed by atoms with Gasteiger partial charge in [-0.05, 0) is 32.8 Å². The van der Waals surface area contributed by atoms with Crippen molar-refractivity contribution in [2.45, 2.75) is 46.2 Å². The van der Waals surface area contributed by atoms with Crippen LogP contribution in [0.2, 0.25) is 0 Å². The van der Waals surface area contributed by atoms with Gasteiger partial charge in [0, 0.05) is 30.9 Å². The fourth-order valence-corrected chi connectivity index (χ4v) is 2.77. The molecule has 8 nitrogen and oxygen atoms in total. The first-order chi connectivity index (χ1) is 12.5. The number of aryl methyl sites for hydroxylation is 2. The number of amides is 1. The van der Waals surface area contributed by atoms with Crippen LogP contribution in [-0.4, -0.2) is 54.6 Å². The number of carbonyl (C=O) groups excluding carboxylic acids is 1. The van der Waals surface area contributed by atoms with Gasteiger partial charge in [0.25, 0.3) is 11.6 Å². The number of hydrogen-bond acceptors (Lipinski definition) is 5. The number of aromatic nitrogens is 4. The molecule has 0 fully saturated rings. The molecular formula is C16H20F3N5O3. The zero-order chi connectivity index (χ0) is 20.4. The molecule has 0 unspecified atom stereocenters. The zero-order valence-electron chi connectivity index (χ0n) is 15.2. The number of rotatable bonds is 7. The monoisotopic (exact) mass is 387 g/mol. The second-order valence-corrected chi connectivity index (χ2v) is 6.02. The van der Waals surface area contributed by atoms with Gasteiger partial charge >= 0.3 is 12.1 Å². The second kappa shape index (κ2) is 7.89. The summed E-state index contributed by atoms with van der Waals surface area (Å²) >= 11 is 0. The van der Waals surface area contributed by atoms with Gasteiger partial charge in [0.15, 0.2) is 0 Å². The molecule has 0 saturated carbocycles. The summed E-state index contributed by atoms with van der Waals surface area (Å²) in [4.78, 5) is 31.9. The molecule has 2 rings (SSSR count). The third-order valence-corrected chi connectivity index (χ3v) is 4.22. The first-order valence-corrected chi connectivity index (χ1v) is 8.34. The van der Waals surface area contributed by atoms with Crippen LogP contribution in [0.1, 0.15) is 42.5 Å². The lowest BCUT2D eigenvalue weighted by Gasteiger charge is -2.20. The van der Waals surface area contributed by atoms with E-state index in [-0.39, 0.29) is 37.5 Å². The lowest BCUT2D eigenvalue weighted by Crippen LogP contribution is -2.33. The zero-order valence-corrected chi connectivity index (χ0v) is 15.2. The van der Waals surface area contributed by atoms with Crippen molar-refractivity contribution in [3.05, 3.63) is 22.8 Å². The average Bonchev–Trinajstić information content (AvgIpc) is 2.99. The predicted molar refractivity (Wildman–Crippen MR) is 88.1 cm³/mol. The highest BCUT2D eigenvalue weighted by molar-refractivity contribution is 5.77. The van der Waals surface area contributed by atoms with Gasteiger partial charge in [-0.1, -0.05) is 0 Å². The highest BCUT2D eigenvalue weighted by Crippen LogP contribution is 2.27. The van der Waals surface area contributed by atoms with Crippen molar-refractivity contribution in [2.24, 2.45) is 0 Å². The Morgan fingerprint density at radius 1 is 1.19 bits per heavy atom. The summed E-state index contributed by atoms with van der Waals surface area (Å²) in [6.45, 7) is 5.46. The normalized spacial score (nSPS) is 11.8. The minimum absolute atomic E-state index is 0.0865. The van der Waals surface area contributed by atoms with E-state index in [1.165, 1.54) is 4.90 Å². The topological polar surface area (TPSA) is 101 Å². The van der Waals surface area contributed by atoms with Crippen molar-refractivity contribution in [1.29, 1.82) is 0 Å². The van der Waals surface area contributed by atoms with Gasteiger partial charge < -0.3 is 10.0 Å². The Balaban J connectivity index is 2.21. The molecule has 0 aliphatic heterocycles. The summed E-state index contributed by atoms with van der Waals surface area (Å²) in [5.74, 6) is -2.64. The predicted octanol–water partition coefficient (Wildman–Crippen LogP) is 2.02. The van der Waals surface area contributed by atoms with Gasteiger partial charge in [0.1, 0.15) is 0 Å². The minimum atomic E-state index is -4.67. The smallest absolute Gasteiger partial charge is 0.453 e. The Labute approximate surface area is 153 Å². The van der Waals surface area contributed by atoms with Crippen LogP contribution in [0.4, 0.5) is 13.2 Å². The van der Waals surface area contributed by atoms with Crippen molar-refractivity contribution >= 4 is 17.7 Å². The molecule has 1 N–H and O–H groups in total. The number of aliphatic carboxylic acids is 1. The van der Waals surface area contributed by atoms with E-state index < -0.39 is 18.0 Å². The quantitative estimate of drug-likeness (QED) is 0.780. The maximum Gasteiger partial charge on any atom is 0.453 e. The van der Waals surface area contributed by atoms with E-state index in [1.807, 2.05) is 0 Å². The highest BCUT2D eigenvalue weighted by Gasteiger charge is 2.37. The van der Waals surface area contributed by atoms with Crippen LogP contribution in [0.5, 0.6) is 0 Å². The molecule has 1 amide bonds. The summed E-state index contributed by atoms with van der Waals surface area (Å²) in [6, 6.07) is 0. The number of carboxylic acid groups (broad SMARTS) is 1. The average molecular weight is 387 g/mol. The number of carboxylic acids is 1. The molecule has 0 atom stereocenters. The maximum atomic E-state index is 12.8. The Morgan fingerprint density at radius 3 is 2.41 bits per heavy atom. The Hall–Kier alpha value is -2.72. The lowest BCUT2D eigenvalue weighted by molar-refractivity contribution is -0.144. The molecule has 0 saturated heterocycles. The molecular weight excluding hydrogens is 367 g/mol. The molecule has 0 radical (unpaired) electrons. The van der Waals surface area contributed by atoms with E-state index in [1.54, 1.807) is 20.8 Å². The number of nitrogens with zero attached hydrogens (tertiary/aromatic N) is 5. The first kappa shape index (κ1) is 20.6. The minimum Gasteiger partial charge on any atom is -0.481 e. The molecule has 27 heavy (non-hydrogen) atoms. The van der Waals surface area contributed by atoms with Gasteiger partial charge in [-0.2, -0.15) is 18.2 Å². The summed E-state index contributed by atoms with van der Waals surface area (Å²) in [6.07, 6.45) is -4.48. The fraction of sp³-hybridized carbons (Fsp3) is 0.562. The van der Waals surface area contributed by atoms with E-state index >= 15 is 0 Å². The van der Waals surface area contributed by atoms with Crippen molar-refractivity contribution in [3.63, 3.8) is 0 Å². The van der Waals surface area contributed by atoms with Crippen LogP contribution in [0.3, 0.4) is 0 Å². The number of halogens is 3. The van der Waals surface area contributed by atoms with Crippen LogP contribution in [0.25, 0.3) is 5.78 Å². The number of hydrogen-bond donors (Lipinski definition) is 1. The van der Waals surface area contributed by atoms with E-state index in [9.17, 15) is 22.8 Å². The Kier molecular flexibility index (Phi) is 6.01. The maximum absolute atomic E-state index is 12.8. The molecule has 0 aliphatic rings. The van der Waals surface area contributed by atoms with Crippen molar-refractivity contribution in [3.8, 4) is 0 Å². The number of fused-ring (bicyclic) bond motifs is 1. The van der Waals surface area contributed by atoms with Crippen LogP contribution < -0.4 is 0 Å². The SMILES string of the molecule is CCN(CCC(=O)O)C(=O)CCc1c(C)nc2nc(C(F)(F)F)nn2c1C. The molecule has 11 heteroatoms. The van der Waals surface area contributed by atoms with Crippen molar-refractivity contribution < 1.29 is 27.9 Å². The van der Waals surface area contributed by atoms with E-state index in [0.717, 1.165) is 4.52 Å². The largest absolute Gasteiger partial charge is 0.481 e. The summed E-state index contributed by atoms with van der Waals surface area (Å²) in [5, 5.41) is 12.2. The fourth-order valence-electron chi connectivity index (χ4n) is 2.77. The summed E-state index contributed by atoms with van der Waals surface area (Å²) < 4.78 is 39.5. The van der Waals surface area contributed by atoms with Crippen LogP contribution in [0.15, 0.2) is 0 Å². The molecule has 2 aromatic heterocycles. The van der Waals surface area contributed by atoms with Crippen LogP contribution >= 0.6 is 0 Å². The summed E-state index contributed by atoms with van der Waals surface area (Å²) in [5.41, 5.74) is 1.52. The molecule has 0 spiro atoms. The summed E-state index contributed by atoms with van der Waals surface area (Å²) in [7, 11) is 0. The lowest BCUT2D eigenvalue weighted by atomic mass is 10.1. The number of carbonyl (C=O) groups is 2. The van der Waals surface area contributed by atoms with E-state index in [2.05, 4.69) is 15.1 Å². The highest BCUT2D eigenvalue weighted by atomic mass is 19.4. The third kappa shape index (κ3) is 4.72. The van der Waals surface area contributed by atoms with Crippen LogP contribution in [-0.2, 0) is 22.2 Å². The van der Waals surface area contributed by atoms with E-state index in [0.29, 0.717) is 23.5 Å². The number of alkyl halides is 3. The molecule has 0 aromatic carbocycles.